The van der Waals surface area contributed by atoms with E-state index in [1.165, 1.54) is 73.5 Å². The first kappa shape index (κ1) is 37.2. The molecule has 0 saturated heterocycles. The Labute approximate surface area is 374 Å². The molecule has 0 spiro atoms. The molecule has 8 aromatic carbocycles. The van der Waals surface area contributed by atoms with Crippen LogP contribution in [0.3, 0.4) is 0 Å². The SMILES string of the molecule is c1ccc(-c2cccc3c2oc2cc(-c4nc(-c5cccc6sc7ccccc7c56)nc(-n5c6ccccc6c6cc7c(cc65)CCCCCCCc5ccccc5-7)n4)ccc23)cc1. The molecule has 0 atom stereocenters. The van der Waals surface area contributed by atoms with Gasteiger partial charge >= 0.3 is 0 Å². The van der Waals surface area contributed by atoms with Gasteiger partial charge in [0.05, 0.1) is 11.0 Å². The number of benzene rings is 8. The lowest BCUT2D eigenvalue weighted by Gasteiger charge is -2.15. The fourth-order valence-corrected chi connectivity index (χ4v) is 11.5. The lowest BCUT2D eigenvalue weighted by Crippen LogP contribution is -2.07. The lowest BCUT2D eigenvalue weighted by molar-refractivity contribution is 0.616. The molecule has 0 fully saturated rings. The highest BCUT2D eigenvalue weighted by Crippen LogP contribution is 2.43. The molecule has 0 N–H and O–H groups in total. The van der Waals surface area contributed by atoms with Crippen LogP contribution in [0.4, 0.5) is 0 Å². The molecular weight excluding hydrogens is 801 g/mol. The quantitative estimate of drug-likeness (QED) is 0.177. The first-order valence-corrected chi connectivity index (χ1v) is 23.4. The molecule has 5 nitrogen and oxygen atoms in total. The normalized spacial score (nSPS) is 13.5. The zero-order chi connectivity index (χ0) is 42.1. The molecule has 1 aliphatic rings. The second-order valence-corrected chi connectivity index (χ2v) is 18.3. The monoisotopic (exact) mass is 842 g/mol. The highest BCUT2D eigenvalue weighted by molar-refractivity contribution is 7.25. The molecule has 0 amide bonds. The van der Waals surface area contributed by atoms with Gasteiger partial charge in [-0.2, -0.15) is 9.97 Å². The number of hydrogen-bond donors (Lipinski definition) is 0. The van der Waals surface area contributed by atoms with Gasteiger partial charge in [0, 0.05) is 58.4 Å². The van der Waals surface area contributed by atoms with E-state index >= 15 is 0 Å². The van der Waals surface area contributed by atoms with Gasteiger partial charge in [-0.3, -0.25) is 4.57 Å². The number of aryl methyl sites for hydroxylation is 2. The van der Waals surface area contributed by atoms with Crippen LogP contribution in [0.25, 0.3) is 115 Å². The minimum Gasteiger partial charge on any atom is -0.455 e. The predicted octanol–water partition coefficient (Wildman–Crippen LogP) is 16.0. The van der Waals surface area contributed by atoms with Crippen molar-refractivity contribution < 1.29 is 4.42 Å². The second-order valence-electron chi connectivity index (χ2n) is 17.2. The maximum Gasteiger partial charge on any atom is 0.238 e. The highest BCUT2D eigenvalue weighted by atomic mass is 32.1. The second kappa shape index (κ2) is 15.1. The molecule has 4 aromatic heterocycles. The van der Waals surface area contributed by atoms with Gasteiger partial charge in [0.15, 0.2) is 11.6 Å². The van der Waals surface area contributed by atoms with E-state index in [-0.39, 0.29) is 0 Å². The minimum absolute atomic E-state index is 0.593. The Balaban J connectivity index is 1.07. The molecule has 0 unspecified atom stereocenters. The van der Waals surface area contributed by atoms with Crippen molar-refractivity contribution in [2.75, 3.05) is 0 Å². The Morgan fingerprint density at radius 2 is 1.12 bits per heavy atom. The van der Waals surface area contributed by atoms with Crippen LogP contribution >= 0.6 is 11.3 Å². The number of thiophene rings is 1. The van der Waals surface area contributed by atoms with Crippen LogP contribution in [0.2, 0.25) is 0 Å². The van der Waals surface area contributed by atoms with Gasteiger partial charge in [0.2, 0.25) is 5.95 Å². The fourth-order valence-electron chi connectivity index (χ4n) is 10.4. The van der Waals surface area contributed by atoms with Crippen molar-refractivity contribution in [2.24, 2.45) is 0 Å². The van der Waals surface area contributed by atoms with Crippen molar-refractivity contribution in [1.29, 1.82) is 0 Å². The Kier molecular flexibility index (Phi) is 8.80. The third-order valence-electron chi connectivity index (χ3n) is 13.4. The Bertz CT molecular complexity index is 3780. The van der Waals surface area contributed by atoms with E-state index in [4.69, 9.17) is 19.4 Å². The van der Waals surface area contributed by atoms with Crippen molar-refractivity contribution in [3.05, 3.63) is 181 Å². The van der Waals surface area contributed by atoms with Crippen molar-refractivity contribution in [2.45, 2.75) is 44.9 Å². The summed E-state index contributed by atoms with van der Waals surface area (Å²) in [4.78, 5) is 16.3. The standard InChI is InChI=1S/C58H42N4OS/c1-2-5-17-36-20-9-10-22-40(36)47-35-48-42-23-11-13-28-49(42)62(50(48)33-38(47)21-6-3-1)58-60-56(59-57(61-58)46-27-16-30-53-54(46)45-24-12-14-29-52(45)64-53)39-31-32-43-44-26-15-25-41(37-18-7-4-8-19-37)55(44)63-51(43)34-39/h4,7-16,18-20,22-35H,1-3,5-6,17,21H2. The van der Waals surface area contributed by atoms with E-state index in [1.54, 1.807) is 11.3 Å². The van der Waals surface area contributed by atoms with E-state index in [0.29, 0.717) is 17.6 Å². The zero-order valence-corrected chi connectivity index (χ0v) is 36.0. The predicted molar refractivity (Wildman–Crippen MR) is 267 cm³/mol. The highest BCUT2D eigenvalue weighted by Gasteiger charge is 2.23. The van der Waals surface area contributed by atoms with Crippen molar-refractivity contribution in [1.82, 2.24) is 19.5 Å². The van der Waals surface area contributed by atoms with Gasteiger partial charge in [-0.15, -0.1) is 11.3 Å². The summed E-state index contributed by atoms with van der Waals surface area (Å²) in [7, 11) is 0. The number of para-hydroxylation sites is 2. The molecule has 6 heteroatoms. The van der Waals surface area contributed by atoms with Crippen LogP contribution in [-0.4, -0.2) is 19.5 Å². The Morgan fingerprint density at radius 3 is 2.05 bits per heavy atom. The number of furan rings is 1. The third kappa shape index (κ3) is 6.08. The van der Waals surface area contributed by atoms with Gasteiger partial charge in [0.1, 0.15) is 11.2 Å². The van der Waals surface area contributed by atoms with E-state index < -0.39 is 0 Å². The molecule has 0 bridgehead atoms. The van der Waals surface area contributed by atoms with Crippen LogP contribution in [0.15, 0.2) is 174 Å². The van der Waals surface area contributed by atoms with Gasteiger partial charge in [-0.05, 0) is 96.0 Å². The molecule has 306 valence electrons. The van der Waals surface area contributed by atoms with Gasteiger partial charge < -0.3 is 4.42 Å². The zero-order valence-electron chi connectivity index (χ0n) is 35.2. The number of fused-ring (bicyclic) bond motifs is 12. The summed E-state index contributed by atoms with van der Waals surface area (Å²) in [5.74, 6) is 1.83. The number of hydrogen-bond acceptors (Lipinski definition) is 5. The van der Waals surface area contributed by atoms with E-state index in [1.807, 2.05) is 6.07 Å². The summed E-state index contributed by atoms with van der Waals surface area (Å²) in [6, 6.07) is 61.1. The molecule has 12 aromatic rings. The first-order chi connectivity index (χ1) is 31.7. The summed E-state index contributed by atoms with van der Waals surface area (Å²) in [6.07, 6.45) is 8.30. The molecule has 64 heavy (non-hydrogen) atoms. The average Bonchev–Trinajstić information content (AvgIpc) is 4.02. The summed E-state index contributed by atoms with van der Waals surface area (Å²) < 4.78 is 11.5. The van der Waals surface area contributed by atoms with Crippen LogP contribution < -0.4 is 0 Å². The van der Waals surface area contributed by atoms with E-state index in [2.05, 4.69) is 168 Å². The smallest absolute Gasteiger partial charge is 0.238 e. The van der Waals surface area contributed by atoms with Gasteiger partial charge in [-0.1, -0.05) is 147 Å². The van der Waals surface area contributed by atoms with Crippen LogP contribution in [0.1, 0.15) is 43.2 Å². The Morgan fingerprint density at radius 1 is 0.422 bits per heavy atom. The molecule has 4 heterocycles. The summed E-state index contributed by atoms with van der Waals surface area (Å²) in [5, 5.41) is 6.89. The largest absolute Gasteiger partial charge is 0.455 e. The van der Waals surface area contributed by atoms with Crippen molar-refractivity contribution in [3.8, 4) is 51.0 Å². The maximum atomic E-state index is 6.77. The molecule has 0 radical (unpaired) electrons. The molecule has 0 saturated carbocycles. The van der Waals surface area contributed by atoms with Crippen molar-refractivity contribution >= 4 is 75.3 Å². The van der Waals surface area contributed by atoms with Crippen molar-refractivity contribution in [3.63, 3.8) is 0 Å². The third-order valence-corrected chi connectivity index (χ3v) is 14.5. The topological polar surface area (TPSA) is 56.7 Å². The summed E-state index contributed by atoms with van der Waals surface area (Å²) >= 11 is 1.81. The number of nitrogens with zero attached hydrogens (tertiary/aromatic N) is 4. The van der Waals surface area contributed by atoms with E-state index in [9.17, 15) is 0 Å². The molecular formula is C58H42N4OS. The summed E-state index contributed by atoms with van der Waals surface area (Å²) in [5.41, 5.74) is 13.4. The van der Waals surface area contributed by atoms with Crippen LogP contribution in [-0.2, 0) is 12.8 Å². The average molecular weight is 843 g/mol. The molecule has 13 rings (SSSR count). The number of aromatic nitrogens is 4. The Hall–Kier alpha value is -7.41. The molecule has 1 aliphatic carbocycles. The maximum absolute atomic E-state index is 6.77. The van der Waals surface area contributed by atoms with Gasteiger partial charge in [-0.25, -0.2) is 4.98 Å². The van der Waals surface area contributed by atoms with Crippen LogP contribution in [0, 0.1) is 0 Å². The lowest BCUT2D eigenvalue weighted by atomic mass is 9.90. The minimum atomic E-state index is 0.593. The first-order valence-electron chi connectivity index (χ1n) is 22.6. The van der Waals surface area contributed by atoms with Gasteiger partial charge in [0.25, 0.3) is 0 Å². The van der Waals surface area contributed by atoms with E-state index in [0.717, 1.165) is 79.9 Å². The fraction of sp³-hybridized carbons (Fsp3) is 0.121. The summed E-state index contributed by atoms with van der Waals surface area (Å²) in [6.45, 7) is 0. The van der Waals surface area contributed by atoms with Crippen LogP contribution in [0.5, 0.6) is 0 Å². The number of rotatable bonds is 4. The molecule has 0 aliphatic heterocycles.